The van der Waals surface area contributed by atoms with Gasteiger partial charge in [0.15, 0.2) is 0 Å². The van der Waals surface area contributed by atoms with Gasteiger partial charge in [-0.2, -0.15) is 0 Å². The molecule has 1 aromatic heterocycles. The van der Waals surface area contributed by atoms with Crippen molar-refractivity contribution in [3.63, 3.8) is 0 Å². The molecule has 1 saturated heterocycles. The third-order valence-corrected chi connectivity index (χ3v) is 5.48. The van der Waals surface area contributed by atoms with Crippen LogP contribution >= 0.6 is 0 Å². The maximum Gasteiger partial charge on any atom is 0.224 e. The molecule has 1 aromatic carbocycles. The van der Waals surface area contributed by atoms with Gasteiger partial charge in [-0.3, -0.25) is 4.79 Å². The summed E-state index contributed by atoms with van der Waals surface area (Å²) in [6.45, 7) is 7.39. The molecule has 1 unspecified atom stereocenters. The number of hydrogen-bond donors (Lipinski definition) is 0. The van der Waals surface area contributed by atoms with Crippen molar-refractivity contribution in [3.8, 4) is 0 Å². The molecule has 26 heavy (non-hydrogen) atoms. The molecule has 0 bridgehead atoms. The maximum atomic E-state index is 12.7. The smallest absolute Gasteiger partial charge is 0.224 e. The summed E-state index contributed by atoms with van der Waals surface area (Å²) in [7, 11) is 0. The average molecular weight is 350 g/mol. The van der Waals surface area contributed by atoms with Crippen LogP contribution in [0.15, 0.2) is 30.3 Å². The lowest BCUT2D eigenvalue weighted by molar-refractivity contribution is -0.129. The highest BCUT2D eigenvalue weighted by molar-refractivity contribution is 5.77. The molecule has 0 N–H and O–H groups in total. The van der Waals surface area contributed by atoms with Gasteiger partial charge in [0.1, 0.15) is 5.82 Å². The van der Waals surface area contributed by atoms with Crippen LogP contribution in [0.2, 0.25) is 0 Å². The van der Waals surface area contributed by atoms with Gasteiger partial charge < -0.3 is 9.80 Å². The van der Waals surface area contributed by atoms with E-state index in [-0.39, 0.29) is 11.8 Å². The number of aromatic nitrogens is 2. The van der Waals surface area contributed by atoms with Crippen molar-refractivity contribution in [2.45, 2.75) is 39.0 Å². The molecule has 2 aliphatic heterocycles. The standard InChI is InChI=1S/C21H26N4O/c1-15-13-16(2)23-21(22-15)18-8-11-25(14-18)20(26)9-12-24-10-7-17-5-3-4-6-19(17)24/h3-6,13,18H,7-12,14H2,1-2H3. The minimum Gasteiger partial charge on any atom is -0.370 e. The van der Waals surface area contributed by atoms with Gasteiger partial charge in [0.05, 0.1) is 0 Å². The summed E-state index contributed by atoms with van der Waals surface area (Å²) in [5.41, 5.74) is 4.70. The van der Waals surface area contributed by atoms with Crippen molar-refractivity contribution >= 4 is 11.6 Å². The molecule has 5 heteroatoms. The van der Waals surface area contributed by atoms with E-state index in [1.165, 1.54) is 11.3 Å². The van der Waals surface area contributed by atoms with E-state index in [4.69, 9.17) is 0 Å². The normalized spacial score (nSPS) is 19.1. The summed E-state index contributed by atoms with van der Waals surface area (Å²) in [4.78, 5) is 26.2. The highest BCUT2D eigenvalue weighted by Gasteiger charge is 2.29. The third-order valence-electron chi connectivity index (χ3n) is 5.48. The van der Waals surface area contributed by atoms with Crippen LogP contribution in [0.5, 0.6) is 0 Å². The van der Waals surface area contributed by atoms with Crippen LogP contribution in [-0.2, 0) is 11.2 Å². The number of aryl methyl sites for hydroxylation is 2. The van der Waals surface area contributed by atoms with Gasteiger partial charge in [-0.25, -0.2) is 9.97 Å². The molecule has 0 saturated carbocycles. The molecular weight excluding hydrogens is 324 g/mol. The maximum absolute atomic E-state index is 12.7. The topological polar surface area (TPSA) is 49.3 Å². The average Bonchev–Trinajstić information content (AvgIpc) is 3.26. The van der Waals surface area contributed by atoms with E-state index in [1.807, 2.05) is 24.8 Å². The van der Waals surface area contributed by atoms with Gasteiger partial charge >= 0.3 is 0 Å². The van der Waals surface area contributed by atoms with E-state index in [0.717, 1.165) is 56.2 Å². The number of rotatable bonds is 4. The Morgan fingerprint density at radius 1 is 1.15 bits per heavy atom. The zero-order chi connectivity index (χ0) is 18.1. The summed E-state index contributed by atoms with van der Waals surface area (Å²) < 4.78 is 0. The first-order chi connectivity index (χ1) is 12.6. The number of hydrogen-bond acceptors (Lipinski definition) is 4. The van der Waals surface area contributed by atoms with Crippen molar-refractivity contribution in [2.75, 3.05) is 31.1 Å². The fraction of sp³-hybridized carbons (Fsp3) is 0.476. The van der Waals surface area contributed by atoms with Crippen LogP contribution in [0.25, 0.3) is 0 Å². The lowest BCUT2D eigenvalue weighted by atomic mass is 10.1. The zero-order valence-corrected chi connectivity index (χ0v) is 15.6. The summed E-state index contributed by atoms with van der Waals surface area (Å²) in [5.74, 6) is 1.41. The van der Waals surface area contributed by atoms with Gasteiger partial charge in [-0.05, 0) is 44.4 Å². The van der Waals surface area contributed by atoms with Crippen molar-refractivity contribution in [1.82, 2.24) is 14.9 Å². The quantitative estimate of drug-likeness (QED) is 0.851. The van der Waals surface area contributed by atoms with Gasteiger partial charge in [0.2, 0.25) is 5.91 Å². The summed E-state index contributed by atoms with van der Waals surface area (Å²) in [5, 5.41) is 0. The largest absolute Gasteiger partial charge is 0.370 e. The number of likely N-dealkylation sites (tertiary alicyclic amines) is 1. The van der Waals surface area contributed by atoms with Crippen LogP contribution in [0.1, 0.15) is 41.5 Å². The predicted molar refractivity (Wildman–Crippen MR) is 102 cm³/mol. The van der Waals surface area contributed by atoms with Crippen LogP contribution in [0.3, 0.4) is 0 Å². The number of carbonyl (C=O) groups excluding carboxylic acids is 1. The Kier molecular flexibility index (Phi) is 4.62. The fourth-order valence-corrected chi connectivity index (χ4v) is 4.16. The molecule has 136 valence electrons. The Morgan fingerprint density at radius 3 is 2.73 bits per heavy atom. The van der Waals surface area contributed by atoms with Gasteiger partial charge in [-0.1, -0.05) is 18.2 Å². The molecular formula is C21H26N4O. The minimum atomic E-state index is 0.251. The summed E-state index contributed by atoms with van der Waals surface area (Å²) in [6.07, 6.45) is 2.62. The number of nitrogens with zero attached hydrogens (tertiary/aromatic N) is 4. The number of benzene rings is 1. The molecule has 1 amide bonds. The number of para-hydroxylation sites is 1. The van der Waals surface area contributed by atoms with E-state index >= 15 is 0 Å². The monoisotopic (exact) mass is 350 g/mol. The number of fused-ring (bicyclic) bond motifs is 1. The molecule has 2 aromatic rings. The second-order valence-corrected chi connectivity index (χ2v) is 7.45. The highest BCUT2D eigenvalue weighted by Crippen LogP contribution is 2.28. The third kappa shape index (κ3) is 3.43. The second-order valence-electron chi connectivity index (χ2n) is 7.45. The van der Waals surface area contributed by atoms with E-state index in [9.17, 15) is 4.79 Å². The van der Waals surface area contributed by atoms with Crippen molar-refractivity contribution in [1.29, 1.82) is 0 Å². The molecule has 3 heterocycles. The molecule has 0 radical (unpaired) electrons. The SMILES string of the molecule is Cc1cc(C)nc(C2CCN(C(=O)CCN3CCc4ccccc43)C2)n1. The first kappa shape index (κ1) is 17.0. The first-order valence-electron chi connectivity index (χ1n) is 9.53. The fourth-order valence-electron chi connectivity index (χ4n) is 4.16. The van der Waals surface area contributed by atoms with Crippen LogP contribution in [-0.4, -0.2) is 47.0 Å². The van der Waals surface area contributed by atoms with Crippen LogP contribution in [0, 0.1) is 13.8 Å². The van der Waals surface area contributed by atoms with Crippen molar-refractivity contribution in [3.05, 3.63) is 53.1 Å². The van der Waals surface area contributed by atoms with Gasteiger partial charge in [-0.15, -0.1) is 0 Å². The van der Waals surface area contributed by atoms with E-state index in [2.05, 4.69) is 39.1 Å². The van der Waals surface area contributed by atoms with Crippen molar-refractivity contribution < 1.29 is 4.79 Å². The number of amides is 1. The van der Waals surface area contributed by atoms with Crippen LogP contribution in [0.4, 0.5) is 5.69 Å². The summed E-state index contributed by atoms with van der Waals surface area (Å²) >= 11 is 0. The Morgan fingerprint density at radius 2 is 1.92 bits per heavy atom. The van der Waals surface area contributed by atoms with E-state index in [1.54, 1.807) is 0 Å². The first-order valence-corrected chi connectivity index (χ1v) is 9.53. The Balaban J connectivity index is 1.34. The molecule has 5 nitrogen and oxygen atoms in total. The lowest BCUT2D eigenvalue weighted by Crippen LogP contribution is -2.32. The predicted octanol–water partition coefficient (Wildman–Crippen LogP) is 2.86. The second kappa shape index (κ2) is 7.06. The minimum absolute atomic E-state index is 0.251. The highest BCUT2D eigenvalue weighted by atomic mass is 16.2. The molecule has 0 spiro atoms. The molecule has 0 aliphatic carbocycles. The van der Waals surface area contributed by atoms with Gasteiger partial charge in [0, 0.05) is 55.6 Å². The van der Waals surface area contributed by atoms with Crippen molar-refractivity contribution in [2.24, 2.45) is 0 Å². The van der Waals surface area contributed by atoms with Gasteiger partial charge in [0.25, 0.3) is 0 Å². The summed E-state index contributed by atoms with van der Waals surface area (Å²) in [6, 6.07) is 10.5. The Hall–Kier alpha value is -2.43. The Labute approximate surface area is 155 Å². The van der Waals surface area contributed by atoms with E-state index in [0.29, 0.717) is 6.42 Å². The molecule has 2 aliphatic rings. The number of carbonyl (C=O) groups is 1. The number of anilines is 1. The lowest BCUT2D eigenvalue weighted by Gasteiger charge is -2.22. The molecule has 1 atom stereocenters. The van der Waals surface area contributed by atoms with Crippen LogP contribution < -0.4 is 4.90 Å². The molecule has 1 fully saturated rings. The Bertz CT molecular complexity index is 799. The zero-order valence-electron chi connectivity index (χ0n) is 15.6. The molecule has 4 rings (SSSR count). The van der Waals surface area contributed by atoms with E-state index < -0.39 is 0 Å².